The molecule has 1 aliphatic rings. The molecule has 0 saturated carbocycles. The first-order valence-electron chi connectivity index (χ1n) is 6.11. The number of carbonyl (C=O) groups is 1. The summed E-state index contributed by atoms with van der Waals surface area (Å²) in [4.78, 5) is 14.1. The zero-order valence-corrected chi connectivity index (χ0v) is 10.3. The monoisotopic (exact) mass is 212 g/mol. The number of hydrogen-bond acceptors (Lipinski definition) is 2. The van der Waals surface area contributed by atoms with Crippen molar-refractivity contribution in [1.82, 2.24) is 10.2 Å². The van der Waals surface area contributed by atoms with Gasteiger partial charge < -0.3 is 10.2 Å². The van der Waals surface area contributed by atoms with E-state index < -0.39 is 0 Å². The third-order valence-corrected chi connectivity index (χ3v) is 3.23. The maximum absolute atomic E-state index is 12.0. The van der Waals surface area contributed by atoms with Crippen molar-refractivity contribution < 1.29 is 4.79 Å². The zero-order chi connectivity index (χ0) is 11.3. The number of nitrogens with zero attached hydrogens (tertiary/aromatic N) is 1. The summed E-state index contributed by atoms with van der Waals surface area (Å²) in [5.41, 5.74) is 0. The van der Waals surface area contributed by atoms with Gasteiger partial charge in [0.15, 0.2) is 0 Å². The summed E-state index contributed by atoms with van der Waals surface area (Å²) in [7, 11) is 1.89. The van der Waals surface area contributed by atoms with Crippen molar-refractivity contribution in [1.29, 1.82) is 0 Å². The van der Waals surface area contributed by atoms with E-state index >= 15 is 0 Å². The van der Waals surface area contributed by atoms with Crippen molar-refractivity contribution in [2.45, 2.75) is 45.6 Å². The third-order valence-electron chi connectivity index (χ3n) is 3.23. The normalized spacial score (nSPS) is 22.1. The van der Waals surface area contributed by atoms with E-state index in [4.69, 9.17) is 0 Å². The second-order valence-electron chi connectivity index (χ2n) is 4.75. The Bertz CT molecular complexity index is 204. The van der Waals surface area contributed by atoms with Gasteiger partial charge in [-0.25, -0.2) is 0 Å². The van der Waals surface area contributed by atoms with E-state index in [1.807, 2.05) is 7.05 Å². The minimum atomic E-state index is 0.322. The van der Waals surface area contributed by atoms with Crippen molar-refractivity contribution in [2.24, 2.45) is 5.92 Å². The van der Waals surface area contributed by atoms with Crippen LogP contribution in [0.2, 0.25) is 0 Å². The van der Waals surface area contributed by atoms with Gasteiger partial charge in [0.1, 0.15) is 0 Å². The van der Waals surface area contributed by atoms with Crippen LogP contribution in [0.5, 0.6) is 0 Å². The molecule has 3 heteroatoms. The Labute approximate surface area is 93.2 Å². The molecule has 1 heterocycles. The molecule has 1 unspecified atom stereocenters. The van der Waals surface area contributed by atoms with Crippen LogP contribution in [0.4, 0.5) is 0 Å². The molecule has 0 spiro atoms. The number of carbonyl (C=O) groups excluding carboxylic acids is 1. The van der Waals surface area contributed by atoms with Crippen molar-refractivity contribution in [3.63, 3.8) is 0 Å². The fraction of sp³-hybridized carbons (Fsp3) is 0.917. The topological polar surface area (TPSA) is 32.3 Å². The Morgan fingerprint density at radius 2 is 2.20 bits per heavy atom. The van der Waals surface area contributed by atoms with Crippen molar-refractivity contribution in [2.75, 3.05) is 20.1 Å². The molecule has 3 nitrogen and oxygen atoms in total. The minimum Gasteiger partial charge on any atom is -0.339 e. The predicted molar refractivity (Wildman–Crippen MR) is 62.7 cm³/mol. The van der Waals surface area contributed by atoms with E-state index in [0.29, 0.717) is 24.3 Å². The largest absolute Gasteiger partial charge is 0.339 e. The van der Waals surface area contributed by atoms with Gasteiger partial charge in [-0.1, -0.05) is 13.8 Å². The van der Waals surface area contributed by atoms with Gasteiger partial charge in [0.25, 0.3) is 0 Å². The number of likely N-dealkylation sites (tertiary alicyclic amines) is 1. The van der Waals surface area contributed by atoms with E-state index in [9.17, 15) is 4.79 Å². The summed E-state index contributed by atoms with van der Waals surface area (Å²) < 4.78 is 0. The van der Waals surface area contributed by atoms with E-state index in [2.05, 4.69) is 24.1 Å². The van der Waals surface area contributed by atoms with Crippen LogP contribution < -0.4 is 5.32 Å². The third kappa shape index (κ3) is 3.49. The minimum absolute atomic E-state index is 0.322. The van der Waals surface area contributed by atoms with Gasteiger partial charge in [0, 0.05) is 25.6 Å². The Morgan fingerprint density at radius 3 is 2.80 bits per heavy atom. The second kappa shape index (κ2) is 6.11. The average Bonchev–Trinajstić information content (AvgIpc) is 2.25. The number of hydrogen-bond donors (Lipinski definition) is 1. The van der Waals surface area contributed by atoms with Crippen LogP contribution in [-0.2, 0) is 4.79 Å². The highest BCUT2D eigenvalue weighted by molar-refractivity contribution is 5.76. The van der Waals surface area contributed by atoms with Crippen LogP contribution in [0.15, 0.2) is 0 Å². The number of piperidine rings is 1. The van der Waals surface area contributed by atoms with Gasteiger partial charge in [-0.3, -0.25) is 4.79 Å². The highest BCUT2D eigenvalue weighted by atomic mass is 16.2. The first-order valence-corrected chi connectivity index (χ1v) is 6.11. The number of nitrogens with one attached hydrogen (secondary N) is 1. The maximum Gasteiger partial charge on any atom is 0.224 e. The van der Waals surface area contributed by atoms with Crippen LogP contribution in [0, 0.1) is 5.92 Å². The lowest BCUT2D eigenvalue weighted by atomic mass is 9.92. The smallest absolute Gasteiger partial charge is 0.224 e. The van der Waals surface area contributed by atoms with Crippen LogP contribution in [0.25, 0.3) is 0 Å². The summed E-state index contributed by atoms with van der Waals surface area (Å²) in [5.74, 6) is 0.909. The van der Waals surface area contributed by atoms with Gasteiger partial charge >= 0.3 is 0 Å². The zero-order valence-electron chi connectivity index (χ0n) is 10.3. The first-order chi connectivity index (χ1) is 7.16. The van der Waals surface area contributed by atoms with E-state index in [0.717, 1.165) is 13.1 Å². The van der Waals surface area contributed by atoms with Gasteiger partial charge in [-0.15, -0.1) is 0 Å². The first kappa shape index (κ1) is 12.5. The Kier molecular flexibility index (Phi) is 5.09. The maximum atomic E-state index is 12.0. The van der Waals surface area contributed by atoms with E-state index in [1.54, 1.807) is 0 Å². The van der Waals surface area contributed by atoms with Gasteiger partial charge in [0.05, 0.1) is 0 Å². The lowest BCUT2D eigenvalue weighted by Gasteiger charge is -2.38. The molecule has 0 aromatic carbocycles. The van der Waals surface area contributed by atoms with Gasteiger partial charge in [-0.05, 0) is 32.2 Å². The van der Waals surface area contributed by atoms with Crippen LogP contribution in [0.3, 0.4) is 0 Å². The molecule has 0 aliphatic carbocycles. The molecule has 1 atom stereocenters. The van der Waals surface area contributed by atoms with Crippen molar-refractivity contribution in [3.8, 4) is 0 Å². The van der Waals surface area contributed by atoms with Crippen LogP contribution >= 0.6 is 0 Å². The lowest BCUT2D eigenvalue weighted by molar-refractivity contribution is -0.135. The summed E-state index contributed by atoms with van der Waals surface area (Å²) in [6.45, 7) is 6.19. The predicted octanol–water partition coefficient (Wildman–Crippen LogP) is 1.63. The standard InChI is InChI=1S/C12H24N2O/c1-10(2)11-6-4-5-9-14(11)12(15)7-8-13-3/h10-11,13H,4-9H2,1-3H3. The van der Waals surface area contributed by atoms with Crippen molar-refractivity contribution >= 4 is 5.91 Å². The molecule has 1 amide bonds. The highest BCUT2D eigenvalue weighted by Gasteiger charge is 2.27. The SMILES string of the molecule is CNCCC(=O)N1CCCCC1C(C)C. The van der Waals surface area contributed by atoms with E-state index in [1.165, 1.54) is 19.3 Å². The fourth-order valence-corrected chi connectivity index (χ4v) is 2.34. The molecule has 1 aliphatic heterocycles. The average molecular weight is 212 g/mol. The molecule has 1 saturated heterocycles. The summed E-state index contributed by atoms with van der Waals surface area (Å²) in [5, 5.41) is 3.03. The molecule has 0 aromatic heterocycles. The van der Waals surface area contributed by atoms with E-state index in [-0.39, 0.29) is 0 Å². The molecule has 0 aromatic rings. The van der Waals surface area contributed by atoms with Crippen molar-refractivity contribution in [3.05, 3.63) is 0 Å². The summed E-state index contributed by atoms with van der Waals surface area (Å²) in [6.07, 6.45) is 4.27. The molecule has 1 rings (SSSR count). The molecule has 0 bridgehead atoms. The van der Waals surface area contributed by atoms with Gasteiger partial charge in [-0.2, -0.15) is 0 Å². The Balaban J connectivity index is 2.51. The molecular weight excluding hydrogens is 188 g/mol. The highest BCUT2D eigenvalue weighted by Crippen LogP contribution is 2.23. The fourth-order valence-electron chi connectivity index (χ4n) is 2.34. The molecule has 88 valence electrons. The lowest BCUT2D eigenvalue weighted by Crippen LogP contribution is -2.46. The van der Waals surface area contributed by atoms with Crippen LogP contribution in [-0.4, -0.2) is 37.0 Å². The molecule has 15 heavy (non-hydrogen) atoms. The summed E-state index contributed by atoms with van der Waals surface area (Å²) >= 11 is 0. The number of rotatable bonds is 4. The second-order valence-corrected chi connectivity index (χ2v) is 4.75. The molecular formula is C12H24N2O. The van der Waals surface area contributed by atoms with Crippen LogP contribution in [0.1, 0.15) is 39.5 Å². The van der Waals surface area contributed by atoms with Gasteiger partial charge in [0.2, 0.25) is 5.91 Å². The Hall–Kier alpha value is -0.570. The summed E-state index contributed by atoms with van der Waals surface area (Å²) in [6, 6.07) is 0.475. The molecule has 0 radical (unpaired) electrons. The molecule has 1 fully saturated rings. The Morgan fingerprint density at radius 1 is 1.47 bits per heavy atom. The number of amides is 1. The molecule has 1 N–H and O–H groups in total. The quantitative estimate of drug-likeness (QED) is 0.768.